The van der Waals surface area contributed by atoms with Gasteiger partial charge in [-0.05, 0) is 37.3 Å². The number of carboxylic acid groups (broad SMARTS) is 1. The quantitative estimate of drug-likeness (QED) is 0.905. The smallest absolute Gasteiger partial charge is 0.337 e. The van der Waals surface area contributed by atoms with Gasteiger partial charge in [-0.2, -0.15) is 0 Å². The second kappa shape index (κ2) is 6.55. The van der Waals surface area contributed by atoms with E-state index in [2.05, 4.69) is 16.8 Å². The topological polar surface area (TPSA) is 53.4 Å². The van der Waals surface area contributed by atoms with Crippen LogP contribution in [0.4, 0.5) is 5.82 Å². The molecule has 0 spiro atoms. The lowest BCUT2D eigenvalue weighted by molar-refractivity contribution is 0.0696. The highest BCUT2D eigenvalue weighted by Crippen LogP contribution is 2.24. The minimum atomic E-state index is -0.919. The summed E-state index contributed by atoms with van der Waals surface area (Å²) in [5.41, 5.74) is 0.252. The lowest BCUT2D eigenvalue weighted by Gasteiger charge is -2.21. The minimum Gasteiger partial charge on any atom is -0.478 e. The lowest BCUT2D eigenvalue weighted by Crippen LogP contribution is -2.25. The van der Waals surface area contributed by atoms with Crippen molar-refractivity contribution < 1.29 is 9.90 Å². The van der Waals surface area contributed by atoms with Gasteiger partial charge in [0.2, 0.25) is 0 Å². The van der Waals surface area contributed by atoms with Crippen molar-refractivity contribution in [2.75, 3.05) is 18.0 Å². The van der Waals surface area contributed by atoms with Gasteiger partial charge in [-0.15, -0.1) is 0 Å². The standard InChI is InChI=1S/C15H22N2O2/c1-2-4-12-5-3-9-17(10-8-12)14-7-6-13(11-16-14)15(18)19/h6-7,11-12H,2-5,8-10H2,1H3,(H,18,19). The first-order valence-electron chi connectivity index (χ1n) is 7.15. The van der Waals surface area contributed by atoms with Gasteiger partial charge in [0.15, 0.2) is 0 Å². The van der Waals surface area contributed by atoms with Gasteiger partial charge in [0.1, 0.15) is 5.82 Å². The van der Waals surface area contributed by atoms with Crippen molar-refractivity contribution >= 4 is 11.8 Å². The number of anilines is 1. The predicted molar refractivity (Wildman–Crippen MR) is 75.7 cm³/mol. The largest absolute Gasteiger partial charge is 0.478 e. The van der Waals surface area contributed by atoms with Gasteiger partial charge in [-0.25, -0.2) is 9.78 Å². The molecule has 1 unspecified atom stereocenters. The summed E-state index contributed by atoms with van der Waals surface area (Å²) in [5.74, 6) is 0.827. The van der Waals surface area contributed by atoms with E-state index in [1.807, 2.05) is 6.07 Å². The molecule has 104 valence electrons. The first kappa shape index (κ1) is 13.8. The molecule has 1 aromatic rings. The Morgan fingerprint density at radius 3 is 2.89 bits per heavy atom. The van der Waals surface area contributed by atoms with Crippen LogP contribution in [-0.2, 0) is 0 Å². The number of pyridine rings is 1. The van der Waals surface area contributed by atoms with Crippen LogP contribution in [0.25, 0.3) is 0 Å². The maximum Gasteiger partial charge on any atom is 0.337 e. The van der Waals surface area contributed by atoms with E-state index in [0.29, 0.717) is 0 Å². The van der Waals surface area contributed by atoms with E-state index >= 15 is 0 Å². The number of rotatable bonds is 4. The molecule has 4 heteroatoms. The fourth-order valence-corrected chi connectivity index (χ4v) is 2.79. The molecule has 1 N–H and O–H groups in total. The Hall–Kier alpha value is -1.58. The van der Waals surface area contributed by atoms with Crippen LogP contribution in [0, 0.1) is 5.92 Å². The fourth-order valence-electron chi connectivity index (χ4n) is 2.79. The SMILES string of the molecule is CCCC1CCCN(c2ccc(C(=O)O)cn2)CC1. The molecule has 0 bridgehead atoms. The summed E-state index contributed by atoms with van der Waals surface area (Å²) in [6.07, 6.45) is 7.75. The van der Waals surface area contributed by atoms with E-state index in [9.17, 15) is 4.79 Å². The van der Waals surface area contributed by atoms with Gasteiger partial charge in [0.25, 0.3) is 0 Å². The molecule has 1 aliphatic heterocycles. The zero-order valence-corrected chi connectivity index (χ0v) is 11.5. The molecule has 1 fully saturated rings. The van der Waals surface area contributed by atoms with Crippen LogP contribution in [0.15, 0.2) is 18.3 Å². The van der Waals surface area contributed by atoms with Crippen LogP contribution in [0.3, 0.4) is 0 Å². The second-order valence-electron chi connectivity index (χ2n) is 5.28. The van der Waals surface area contributed by atoms with Gasteiger partial charge in [-0.1, -0.05) is 19.8 Å². The summed E-state index contributed by atoms with van der Waals surface area (Å²) >= 11 is 0. The van der Waals surface area contributed by atoms with E-state index in [1.165, 1.54) is 38.3 Å². The molecule has 0 amide bonds. The molecule has 0 radical (unpaired) electrons. The highest BCUT2D eigenvalue weighted by molar-refractivity contribution is 5.87. The number of carboxylic acids is 1. The zero-order valence-electron chi connectivity index (χ0n) is 11.5. The predicted octanol–water partition coefficient (Wildman–Crippen LogP) is 3.19. The van der Waals surface area contributed by atoms with Crippen LogP contribution >= 0.6 is 0 Å². The molecular weight excluding hydrogens is 240 g/mol. The number of aromatic nitrogens is 1. The van der Waals surface area contributed by atoms with E-state index in [4.69, 9.17) is 5.11 Å². The van der Waals surface area contributed by atoms with Gasteiger partial charge >= 0.3 is 5.97 Å². The average Bonchev–Trinajstić information content (AvgIpc) is 2.65. The third-order valence-electron chi connectivity index (χ3n) is 3.86. The molecule has 2 heterocycles. The van der Waals surface area contributed by atoms with Crippen molar-refractivity contribution in [1.29, 1.82) is 0 Å². The fraction of sp³-hybridized carbons (Fsp3) is 0.600. The third-order valence-corrected chi connectivity index (χ3v) is 3.86. The number of nitrogens with zero attached hydrogens (tertiary/aromatic N) is 2. The van der Waals surface area contributed by atoms with E-state index in [-0.39, 0.29) is 5.56 Å². The molecule has 0 aliphatic carbocycles. The van der Waals surface area contributed by atoms with Gasteiger partial charge in [0.05, 0.1) is 5.56 Å². The van der Waals surface area contributed by atoms with Gasteiger partial charge in [-0.3, -0.25) is 0 Å². The maximum atomic E-state index is 10.8. The molecule has 0 saturated carbocycles. The summed E-state index contributed by atoms with van der Waals surface area (Å²) in [7, 11) is 0. The molecule has 1 aromatic heterocycles. The zero-order chi connectivity index (χ0) is 13.7. The first-order chi connectivity index (χ1) is 9.20. The van der Waals surface area contributed by atoms with Crippen molar-refractivity contribution in [2.24, 2.45) is 5.92 Å². The average molecular weight is 262 g/mol. The van der Waals surface area contributed by atoms with Gasteiger partial charge in [0, 0.05) is 19.3 Å². The lowest BCUT2D eigenvalue weighted by atomic mass is 9.96. The summed E-state index contributed by atoms with van der Waals surface area (Å²) < 4.78 is 0. The molecule has 1 saturated heterocycles. The normalized spacial score (nSPS) is 20.1. The van der Waals surface area contributed by atoms with Crippen LogP contribution in [0.5, 0.6) is 0 Å². The monoisotopic (exact) mass is 262 g/mol. The Kier molecular flexibility index (Phi) is 4.77. The van der Waals surface area contributed by atoms with Crippen LogP contribution < -0.4 is 4.90 Å². The Bertz CT molecular complexity index is 417. The highest BCUT2D eigenvalue weighted by atomic mass is 16.4. The van der Waals surface area contributed by atoms with Crippen molar-refractivity contribution in [3.63, 3.8) is 0 Å². The number of hydrogen-bond acceptors (Lipinski definition) is 3. The molecule has 2 rings (SSSR count). The molecule has 19 heavy (non-hydrogen) atoms. The Morgan fingerprint density at radius 1 is 1.42 bits per heavy atom. The summed E-state index contributed by atoms with van der Waals surface area (Å²) in [5, 5.41) is 8.87. The summed E-state index contributed by atoms with van der Waals surface area (Å²) in [6, 6.07) is 3.46. The van der Waals surface area contributed by atoms with Crippen molar-refractivity contribution in [1.82, 2.24) is 4.98 Å². The van der Waals surface area contributed by atoms with Crippen LogP contribution in [0.2, 0.25) is 0 Å². The number of aromatic carboxylic acids is 1. The molecule has 1 atom stereocenters. The van der Waals surface area contributed by atoms with E-state index in [0.717, 1.165) is 24.8 Å². The minimum absolute atomic E-state index is 0.252. The first-order valence-corrected chi connectivity index (χ1v) is 7.15. The summed E-state index contributed by atoms with van der Waals surface area (Å²) in [6.45, 7) is 4.30. The Morgan fingerprint density at radius 2 is 2.26 bits per heavy atom. The molecule has 4 nitrogen and oxygen atoms in total. The third kappa shape index (κ3) is 3.69. The second-order valence-corrected chi connectivity index (χ2v) is 5.28. The van der Waals surface area contributed by atoms with Crippen LogP contribution in [0.1, 0.15) is 49.4 Å². The van der Waals surface area contributed by atoms with Crippen molar-refractivity contribution in [3.8, 4) is 0 Å². The Labute approximate surface area is 114 Å². The van der Waals surface area contributed by atoms with Gasteiger partial charge < -0.3 is 10.0 Å². The van der Waals surface area contributed by atoms with Crippen LogP contribution in [-0.4, -0.2) is 29.1 Å². The van der Waals surface area contributed by atoms with E-state index in [1.54, 1.807) is 6.07 Å². The Balaban J connectivity index is 1.99. The van der Waals surface area contributed by atoms with Crippen molar-refractivity contribution in [2.45, 2.75) is 39.0 Å². The number of carbonyl (C=O) groups is 1. The highest BCUT2D eigenvalue weighted by Gasteiger charge is 2.17. The molecule has 0 aromatic carbocycles. The van der Waals surface area contributed by atoms with E-state index < -0.39 is 5.97 Å². The number of hydrogen-bond donors (Lipinski definition) is 1. The maximum absolute atomic E-state index is 10.8. The molecule has 1 aliphatic rings. The summed E-state index contributed by atoms with van der Waals surface area (Å²) in [4.78, 5) is 17.4. The molecular formula is C15H22N2O2. The van der Waals surface area contributed by atoms with Crippen molar-refractivity contribution in [3.05, 3.63) is 23.9 Å².